The second kappa shape index (κ2) is 7.61. The van der Waals surface area contributed by atoms with E-state index in [0.717, 1.165) is 40.0 Å². The van der Waals surface area contributed by atoms with Crippen molar-refractivity contribution in [3.63, 3.8) is 0 Å². The fraction of sp³-hybridized carbons (Fsp3) is 0.217. The average molecular weight is 423 g/mol. The van der Waals surface area contributed by atoms with Gasteiger partial charge in [0.15, 0.2) is 0 Å². The maximum atomic E-state index is 12.8. The molecule has 0 radical (unpaired) electrons. The molecular weight excluding hydrogens is 403 g/mol. The number of benzene rings is 1. The van der Waals surface area contributed by atoms with Crippen molar-refractivity contribution in [2.24, 2.45) is 0 Å². The van der Waals surface area contributed by atoms with Crippen molar-refractivity contribution in [3.05, 3.63) is 72.3 Å². The quantitative estimate of drug-likeness (QED) is 0.428. The molecule has 158 valence electrons. The van der Waals surface area contributed by atoms with Crippen LogP contribution in [0.1, 0.15) is 31.9 Å². The van der Waals surface area contributed by atoms with Gasteiger partial charge in [0.2, 0.25) is 0 Å². The van der Waals surface area contributed by atoms with Crippen molar-refractivity contribution >= 4 is 22.5 Å². The summed E-state index contributed by atoms with van der Waals surface area (Å²) in [5, 5.41) is 4.08. The van der Waals surface area contributed by atoms with Crippen LogP contribution in [-0.2, 0) is 11.6 Å². The molecule has 0 saturated heterocycles. The van der Waals surface area contributed by atoms with Gasteiger partial charge in [0, 0.05) is 28.9 Å². The van der Waals surface area contributed by atoms with E-state index in [4.69, 9.17) is 0 Å². The van der Waals surface area contributed by atoms with Gasteiger partial charge in [0.25, 0.3) is 0 Å². The molecule has 0 spiro atoms. The fourth-order valence-electron chi connectivity index (χ4n) is 3.38. The lowest BCUT2D eigenvalue weighted by atomic mass is 9.84. The Morgan fingerprint density at radius 2 is 1.68 bits per heavy atom. The summed E-state index contributed by atoms with van der Waals surface area (Å²) in [6.07, 6.45) is -0.468. The normalized spacial score (nSPS) is 12.2. The van der Waals surface area contributed by atoms with Crippen LogP contribution < -0.4 is 5.32 Å². The number of anilines is 2. The first kappa shape index (κ1) is 20.7. The highest BCUT2D eigenvalue weighted by Crippen LogP contribution is 2.37. The summed E-state index contributed by atoms with van der Waals surface area (Å²) in [6.45, 7) is 6.08. The van der Waals surface area contributed by atoms with E-state index in [9.17, 15) is 13.2 Å². The van der Waals surface area contributed by atoms with E-state index < -0.39 is 11.7 Å². The molecule has 1 aromatic carbocycles. The average Bonchev–Trinajstić information content (AvgIpc) is 2.72. The van der Waals surface area contributed by atoms with Crippen molar-refractivity contribution in [2.45, 2.75) is 32.4 Å². The van der Waals surface area contributed by atoms with Crippen molar-refractivity contribution in [3.8, 4) is 11.3 Å². The first-order valence-electron chi connectivity index (χ1n) is 9.64. The third kappa shape index (κ3) is 4.33. The number of alkyl halides is 3. The molecule has 0 bridgehead atoms. The Balaban J connectivity index is 1.78. The zero-order valence-corrected chi connectivity index (χ0v) is 17.2. The number of hydrogen-bond acceptors (Lipinski definition) is 5. The highest BCUT2D eigenvalue weighted by molar-refractivity contribution is 5.85. The van der Waals surface area contributed by atoms with Crippen LogP contribution in [0.5, 0.6) is 0 Å². The number of fused-ring (bicyclic) bond motifs is 1. The van der Waals surface area contributed by atoms with Crippen LogP contribution in [0.2, 0.25) is 0 Å². The number of nitrogens with one attached hydrogen (secondary N) is 1. The number of hydrogen-bond donors (Lipinski definition) is 1. The smallest absolute Gasteiger partial charge is 0.325 e. The first-order chi connectivity index (χ1) is 14.6. The summed E-state index contributed by atoms with van der Waals surface area (Å²) in [5.74, 6) is 0.759. The van der Waals surface area contributed by atoms with Gasteiger partial charge in [0.1, 0.15) is 18.0 Å². The monoisotopic (exact) mass is 423 g/mol. The molecule has 4 rings (SSSR count). The summed E-state index contributed by atoms with van der Waals surface area (Å²) < 4.78 is 38.5. The van der Waals surface area contributed by atoms with Crippen LogP contribution in [0.25, 0.3) is 22.2 Å². The van der Waals surface area contributed by atoms with E-state index in [2.05, 4.69) is 25.3 Å². The Bertz CT molecular complexity index is 1230. The topological polar surface area (TPSA) is 63.6 Å². The lowest BCUT2D eigenvalue weighted by Gasteiger charge is -2.25. The zero-order valence-electron chi connectivity index (χ0n) is 17.2. The third-order valence-electron chi connectivity index (χ3n) is 4.81. The standard InChI is InChI=1S/C23H20F3N5/c1-22(2,3)19-20(15-7-6-14-5-4-10-27-17(14)11-15)29-13-30-21(19)31-18-9-8-16(12-28-18)23(24,25)26/h4-13H,1-3H3,(H,28,29,30,31). The third-order valence-corrected chi connectivity index (χ3v) is 4.81. The van der Waals surface area contributed by atoms with Gasteiger partial charge >= 0.3 is 6.18 Å². The molecule has 0 unspecified atom stereocenters. The molecule has 0 fully saturated rings. The van der Waals surface area contributed by atoms with Crippen LogP contribution in [0.3, 0.4) is 0 Å². The van der Waals surface area contributed by atoms with E-state index in [-0.39, 0.29) is 11.2 Å². The van der Waals surface area contributed by atoms with Crippen LogP contribution in [0.4, 0.5) is 24.8 Å². The number of aromatic nitrogens is 4. The molecule has 0 aliphatic carbocycles. The summed E-state index contributed by atoms with van der Waals surface area (Å²) >= 11 is 0. The number of nitrogens with zero attached hydrogens (tertiary/aromatic N) is 4. The molecule has 4 aromatic rings. The zero-order chi connectivity index (χ0) is 22.2. The SMILES string of the molecule is CC(C)(C)c1c(Nc2ccc(C(F)(F)F)cn2)ncnc1-c1ccc2cccnc2c1. The van der Waals surface area contributed by atoms with Gasteiger partial charge in [-0.3, -0.25) is 4.98 Å². The summed E-state index contributed by atoms with van der Waals surface area (Å²) in [4.78, 5) is 17.2. The first-order valence-corrected chi connectivity index (χ1v) is 9.64. The number of pyridine rings is 2. The Hall–Kier alpha value is -3.55. The van der Waals surface area contributed by atoms with Gasteiger partial charge in [-0.15, -0.1) is 0 Å². The molecule has 3 heterocycles. The molecule has 8 heteroatoms. The molecular formula is C23H20F3N5. The van der Waals surface area contributed by atoms with Gasteiger partial charge < -0.3 is 5.32 Å². The lowest BCUT2D eigenvalue weighted by Crippen LogP contribution is -2.18. The molecule has 31 heavy (non-hydrogen) atoms. The second-order valence-corrected chi connectivity index (χ2v) is 8.16. The molecule has 5 nitrogen and oxygen atoms in total. The minimum absolute atomic E-state index is 0.267. The predicted octanol–water partition coefficient (Wildman–Crippen LogP) is 6.15. The van der Waals surface area contributed by atoms with Crippen LogP contribution in [0, 0.1) is 0 Å². The lowest BCUT2D eigenvalue weighted by molar-refractivity contribution is -0.137. The molecule has 0 saturated carbocycles. The maximum Gasteiger partial charge on any atom is 0.417 e. The number of rotatable bonds is 3. The van der Waals surface area contributed by atoms with Crippen LogP contribution in [0.15, 0.2) is 61.2 Å². The summed E-state index contributed by atoms with van der Waals surface area (Å²) in [5.41, 5.74) is 2.11. The fourth-order valence-corrected chi connectivity index (χ4v) is 3.38. The van der Waals surface area contributed by atoms with Gasteiger partial charge in [-0.2, -0.15) is 13.2 Å². The Kier molecular flexibility index (Phi) is 5.08. The van der Waals surface area contributed by atoms with Crippen LogP contribution >= 0.6 is 0 Å². The van der Waals surface area contributed by atoms with Crippen LogP contribution in [-0.4, -0.2) is 19.9 Å². The van der Waals surface area contributed by atoms with E-state index in [1.165, 1.54) is 12.4 Å². The molecule has 0 atom stereocenters. The van der Waals surface area contributed by atoms with Crippen molar-refractivity contribution in [1.29, 1.82) is 0 Å². The van der Waals surface area contributed by atoms with E-state index in [1.807, 2.05) is 51.1 Å². The van der Waals surface area contributed by atoms with Gasteiger partial charge in [0.05, 0.1) is 16.8 Å². The van der Waals surface area contributed by atoms with E-state index >= 15 is 0 Å². The molecule has 3 aromatic heterocycles. The summed E-state index contributed by atoms with van der Waals surface area (Å²) in [6, 6.07) is 12.1. The van der Waals surface area contributed by atoms with Crippen molar-refractivity contribution in [1.82, 2.24) is 19.9 Å². The Morgan fingerprint density at radius 1 is 0.871 bits per heavy atom. The molecule has 0 aliphatic rings. The van der Waals surface area contributed by atoms with Gasteiger partial charge in [-0.1, -0.05) is 39.0 Å². The predicted molar refractivity (Wildman–Crippen MR) is 114 cm³/mol. The minimum atomic E-state index is -4.44. The highest BCUT2D eigenvalue weighted by Gasteiger charge is 2.31. The molecule has 1 N–H and O–H groups in total. The van der Waals surface area contributed by atoms with Crippen molar-refractivity contribution in [2.75, 3.05) is 5.32 Å². The number of halogens is 3. The largest absolute Gasteiger partial charge is 0.417 e. The van der Waals surface area contributed by atoms with Crippen molar-refractivity contribution < 1.29 is 13.2 Å². The van der Waals surface area contributed by atoms with E-state index in [1.54, 1.807) is 6.20 Å². The minimum Gasteiger partial charge on any atom is -0.325 e. The Labute approximate surface area is 177 Å². The highest BCUT2D eigenvalue weighted by atomic mass is 19.4. The molecule has 0 aliphatic heterocycles. The summed E-state index contributed by atoms with van der Waals surface area (Å²) in [7, 11) is 0. The van der Waals surface area contributed by atoms with Gasteiger partial charge in [-0.25, -0.2) is 15.0 Å². The second-order valence-electron chi connectivity index (χ2n) is 8.16. The van der Waals surface area contributed by atoms with Gasteiger partial charge in [-0.05, 0) is 29.7 Å². The molecule has 0 amide bonds. The van der Waals surface area contributed by atoms with E-state index in [0.29, 0.717) is 5.82 Å². The maximum absolute atomic E-state index is 12.8. The Morgan fingerprint density at radius 3 is 2.35 bits per heavy atom.